The van der Waals surface area contributed by atoms with Gasteiger partial charge in [-0.05, 0) is 48.0 Å². The number of thiazole rings is 1. The van der Waals surface area contributed by atoms with Crippen molar-refractivity contribution in [3.63, 3.8) is 0 Å². The number of amides is 1. The molecule has 0 bridgehead atoms. The summed E-state index contributed by atoms with van der Waals surface area (Å²) in [5.41, 5.74) is 1.48. The minimum atomic E-state index is -0.494. The molecule has 0 aliphatic rings. The number of carbonyl (C=O) groups is 1. The summed E-state index contributed by atoms with van der Waals surface area (Å²) in [4.78, 5) is 27.8. The van der Waals surface area contributed by atoms with Crippen LogP contribution < -0.4 is 5.01 Å². The van der Waals surface area contributed by atoms with Gasteiger partial charge in [-0.1, -0.05) is 29.5 Å². The van der Waals surface area contributed by atoms with Crippen molar-refractivity contribution in [3.05, 3.63) is 99.9 Å². The maximum absolute atomic E-state index is 13.6. The van der Waals surface area contributed by atoms with Crippen molar-refractivity contribution in [2.45, 2.75) is 0 Å². The van der Waals surface area contributed by atoms with Crippen LogP contribution in [0.5, 0.6) is 0 Å². The van der Waals surface area contributed by atoms with Crippen molar-refractivity contribution in [1.29, 1.82) is 0 Å². The molecule has 148 valence electrons. The number of fused-ring (bicyclic) bond motifs is 1. The zero-order chi connectivity index (χ0) is 21.1. The van der Waals surface area contributed by atoms with Crippen molar-refractivity contribution in [2.75, 3.05) is 5.01 Å². The zero-order valence-electron chi connectivity index (χ0n) is 15.3. The Morgan fingerprint density at radius 1 is 1.10 bits per heavy atom. The van der Waals surface area contributed by atoms with E-state index in [1.165, 1.54) is 48.7 Å². The van der Waals surface area contributed by atoms with Gasteiger partial charge in [-0.2, -0.15) is 10.1 Å². The number of benzene rings is 3. The molecule has 0 spiro atoms. The zero-order valence-corrected chi connectivity index (χ0v) is 16.1. The van der Waals surface area contributed by atoms with Crippen LogP contribution in [0.25, 0.3) is 10.2 Å². The number of halogens is 1. The minimum Gasteiger partial charge on any atom is -0.267 e. The lowest BCUT2D eigenvalue weighted by Gasteiger charge is -2.13. The fourth-order valence-corrected chi connectivity index (χ4v) is 3.62. The summed E-state index contributed by atoms with van der Waals surface area (Å²) < 4.78 is 14.1. The average molecular weight is 420 g/mol. The van der Waals surface area contributed by atoms with Crippen molar-refractivity contribution in [2.24, 2.45) is 5.10 Å². The molecule has 0 N–H and O–H groups in total. The summed E-state index contributed by atoms with van der Waals surface area (Å²) in [5, 5.41) is 16.5. The van der Waals surface area contributed by atoms with E-state index < -0.39 is 16.6 Å². The summed E-state index contributed by atoms with van der Waals surface area (Å²) >= 11 is 1.13. The topological polar surface area (TPSA) is 88.7 Å². The molecule has 4 aromatic rings. The second kappa shape index (κ2) is 8.18. The molecule has 1 heterocycles. The predicted octanol–water partition coefficient (Wildman–Crippen LogP) is 5.02. The highest BCUT2D eigenvalue weighted by atomic mass is 32.1. The standard InChI is InChI=1S/C21H13FN4O3S/c22-16-8-11-18-19(12-16)30-21(24-18)25(20(27)15-4-2-1-3-5-15)23-13-14-6-9-17(10-7-14)26(28)29/h1-13H/b23-13+. The fraction of sp³-hybridized carbons (Fsp3) is 0. The summed E-state index contributed by atoms with van der Waals surface area (Å²) in [6.07, 6.45) is 1.41. The van der Waals surface area contributed by atoms with Crippen LogP contribution in [0.15, 0.2) is 77.9 Å². The summed E-state index contributed by atoms with van der Waals surface area (Å²) in [6.45, 7) is 0. The number of anilines is 1. The Labute approximate surface area is 173 Å². The number of rotatable bonds is 5. The van der Waals surface area contributed by atoms with E-state index in [0.717, 1.165) is 16.3 Å². The SMILES string of the molecule is O=C(c1ccccc1)N(/N=C/c1ccc([N+](=O)[O-])cc1)c1nc2ccc(F)cc2s1. The van der Waals surface area contributed by atoms with Gasteiger partial charge in [-0.3, -0.25) is 14.9 Å². The van der Waals surface area contributed by atoms with E-state index in [1.807, 2.05) is 0 Å². The maximum Gasteiger partial charge on any atom is 0.280 e. The number of hydrogen-bond donors (Lipinski definition) is 0. The normalized spacial score (nSPS) is 11.1. The average Bonchev–Trinajstić information content (AvgIpc) is 3.17. The molecule has 1 aromatic heterocycles. The van der Waals surface area contributed by atoms with Crippen molar-refractivity contribution < 1.29 is 14.1 Å². The number of nitro groups is 1. The third kappa shape index (κ3) is 4.06. The lowest BCUT2D eigenvalue weighted by atomic mass is 10.2. The van der Waals surface area contributed by atoms with Gasteiger partial charge in [0.15, 0.2) is 0 Å². The highest BCUT2D eigenvalue weighted by molar-refractivity contribution is 7.22. The van der Waals surface area contributed by atoms with E-state index in [-0.39, 0.29) is 10.8 Å². The van der Waals surface area contributed by atoms with Gasteiger partial charge in [0.1, 0.15) is 5.82 Å². The quantitative estimate of drug-likeness (QED) is 0.257. The first-order valence-electron chi connectivity index (χ1n) is 8.75. The molecule has 30 heavy (non-hydrogen) atoms. The molecule has 9 heteroatoms. The van der Waals surface area contributed by atoms with E-state index >= 15 is 0 Å². The van der Waals surface area contributed by atoms with Gasteiger partial charge in [0.05, 0.1) is 21.4 Å². The molecule has 4 rings (SSSR count). The molecular weight excluding hydrogens is 407 g/mol. The molecule has 0 saturated carbocycles. The highest BCUT2D eigenvalue weighted by Gasteiger charge is 2.21. The number of hydrazone groups is 1. The molecule has 0 saturated heterocycles. The Bertz CT molecular complexity index is 1260. The second-order valence-corrected chi connectivity index (χ2v) is 7.19. The molecule has 3 aromatic carbocycles. The number of carbonyl (C=O) groups excluding carboxylic acids is 1. The van der Waals surface area contributed by atoms with Gasteiger partial charge >= 0.3 is 0 Å². The smallest absolute Gasteiger partial charge is 0.267 e. The molecule has 7 nitrogen and oxygen atoms in total. The number of aromatic nitrogens is 1. The van der Waals surface area contributed by atoms with Crippen molar-refractivity contribution in [1.82, 2.24) is 4.98 Å². The van der Waals surface area contributed by atoms with Crippen LogP contribution in [-0.4, -0.2) is 22.0 Å². The van der Waals surface area contributed by atoms with Gasteiger partial charge in [-0.25, -0.2) is 9.37 Å². The summed E-state index contributed by atoms with van der Waals surface area (Å²) in [6, 6.07) is 18.5. The van der Waals surface area contributed by atoms with Crippen LogP contribution in [0.1, 0.15) is 15.9 Å². The lowest BCUT2D eigenvalue weighted by Crippen LogP contribution is -2.25. The first kappa shape index (κ1) is 19.3. The molecule has 0 fully saturated rings. The first-order chi connectivity index (χ1) is 14.5. The van der Waals surface area contributed by atoms with Gasteiger partial charge in [-0.15, -0.1) is 0 Å². The monoisotopic (exact) mass is 420 g/mol. The number of nitrogens with zero attached hydrogens (tertiary/aromatic N) is 4. The maximum atomic E-state index is 13.6. The molecular formula is C21H13FN4O3S. The largest absolute Gasteiger partial charge is 0.280 e. The number of nitro benzene ring substituents is 1. The third-order valence-electron chi connectivity index (χ3n) is 4.16. The first-order valence-corrected chi connectivity index (χ1v) is 9.57. The van der Waals surface area contributed by atoms with Crippen LogP contribution in [0.3, 0.4) is 0 Å². The molecule has 0 aliphatic carbocycles. The molecule has 0 radical (unpaired) electrons. The lowest BCUT2D eigenvalue weighted by molar-refractivity contribution is -0.384. The molecule has 0 aliphatic heterocycles. The van der Waals surface area contributed by atoms with E-state index in [4.69, 9.17) is 0 Å². The van der Waals surface area contributed by atoms with Gasteiger partial charge < -0.3 is 0 Å². The van der Waals surface area contributed by atoms with Crippen molar-refractivity contribution in [3.8, 4) is 0 Å². The third-order valence-corrected chi connectivity index (χ3v) is 5.15. The van der Waals surface area contributed by atoms with E-state index in [2.05, 4.69) is 10.1 Å². The second-order valence-electron chi connectivity index (χ2n) is 6.18. The van der Waals surface area contributed by atoms with Gasteiger partial charge in [0.2, 0.25) is 5.13 Å². The van der Waals surface area contributed by atoms with Crippen LogP contribution in [-0.2, 0) is 0 Å². The van der Waals surface area contributed by atoms with Crippen LogP contribution >= 0.6 is 11.3 Å². The van der Waals surface area contributed by atoms with Crippen LogP contribution in [0.2, 0.25) is 0 Å². The molecule has 0 unspecified atom stereocenters. The molecule has 1 amide bonds. The predicted molar refractivity (Wildman–Crippen MR) is 114 cm³/mol. The van der Waals surface area contributed by atoms with E-state index in [1.54, 1.807) is 30.3 Å². The Morgan fingerprint density at radius 3 is 2.53 bits per heavy atom. The number of hydrogen-bond acceptors (Lipinski definition) is 6. The van der Waals surface area contributed by atoms with E-state index in [0.29, 0.717) is 21.3 Å². The summed E-state index contributed by atoms with van der Waals surface area (Å²) in [5.74, 6) is -0.804. The highest BCUT2D eigenvalue weighted by Crippen LogP contribution is 2.30. The van der Waals surface area contributed by atoms with Crippen LogP contribution in [0, 0.1) is 15.9 Å². The fourth-order valence-electron chi connectivity index (χ4n) is 2.68. The van der Waals surface area contributed by atoms with Gasteiger partial charge in [0, 0.05) is 17.7 Å². The summed E-state index contributed by atoms with van der Waals surface area (Å²) in [7, 11) is 0. The minimum absolute atomic E-state index is 0.0439. The Hall–Kier alpha value is -3.98. The van der Waals surface area contributed by atoms with Crippen molar-refractivity contribution >= 4 is 44.5 Å². The van der Waals surface area contributed by atoms with Crippen LogP contribution in [0.4, 0.5) is 15.2 Å². The van der Waals surface area contributed by atoms with Gasteiger partial charge in [0.25, 0.3) is 11.6 Å². The van der Waals surface area contributed by atoms with E-state index in [9.17, 15) is 19.3 Å². The number of non-ortho nitro benzene ring substituents is 1. The Kier molecular flexibility index (Phi) is 5.27. The molecule has 0 atom stereocenters. The Morgan fingerprint density at radius 2 is 1.83 bits per heavy atom. The Balaban J connectivity index is 1.72.